The van der Waals surface area contributed by atoms with Crippen LogP contribution in [0.25, 0.3) is 0 Å². The Morgan fingerprint density at radius 2 is 1.53 bits per heavy atom. The maximum absolute atomic E-state index is 10.6. The summed E-state index contributed by atoms with van der Waals surface area (Å²) in [6.45, 7) is 4.35. The second-order valence-electron chi connectivity index (χ2n) is 3.38. The molecule has 0 aliphatic heterocycles. The van der Waals surface area contributed by atoms with Crippen LogP contribution in [0.1, 0.15) is 39.6 Å². The smallest absolute Gasteiger partial charge is 0.335 e. The molecule has 0 radical (unpaired) electrons. The molecule has 4 N–H and O–H groups in total. The Morgan fingerprint density at radius 3 is 1.76 bits per heavy atom. The van der Waals surface area contributed by atoms with E-state index in [1.54, 1.807) is 0 Å². The number of benzene rings is 1. The highest BCUT2D eigenvalue weighted by atomic mass is 16.4. The number of hydrogen-bond donors (Lipinski definition) is 3. The van der Waals surface area contributed by atoms with Gasteiger partial charge in [0, 0.05) is 0 Å². The highest BCUT2D eigenvalue weighted by molar-refractivity contribution is 5.96. The van der Waals surface area contributed by atoms with Crippen molar-refractivity contribution in [2.75, 3.05) is 6.54 Å². The van der Waals surface area contributed by atoms with E-state index >= 15 is 0 Å². The maximum atomic E-state index is 10.6. The van der Waals surface area contributed by atoms with Gasteiger partial charge in [0.25, 0.3) is 0 Å². The van der Waals surface area contributed by atoms with Crippen LogP contribution in [0.3, 0.4) is 0 Å². The van der Waals surface area contributed by atoms with Crippen molar-refractivity contribution >= 4 is 11.9 Å². The second kappa shape index (κ2) is 7.40. The number of hydrogen-bond acceptors (Lipinski definition) is 3. The Balaban J connectivity index is 0.000000557. The number of carboxylic acid groups (broad SMARTS) is 2. The van der Waals surface area contributed by atoms with Gasteiger partial charge in [-0.25, -0.2) is 9.59 Å². The Morgan fingerprint density at radius 1 is 1.18 bits per heavy atom. The third-order valence-electron chi connectivity index (χ3n) is 2.08. The normalized spacial score (nSPS) is 9.12. The van der Waals surface area contributed by atoms with Gasteiger partial charge < -0.3 is 15.9 Å². The molecule has 0 spiro atoms. The van der Waals surface area contributed by atoms with Crippen molar-refractivity contribution in [1.29, 1.82) is 0 Å². The summed E-state index contributed by atoms with van der Waals surface area (Å²) in [5, 5.41) is 17.4. The lowest BCUT2D eigenvalue weighted by molar-refractivity contribution is 0.0696. The van der Waals surface area contributed by atoms with Crippen molar-refractivity contribution in [3.63, 3.8) is 0 Å². The molecule has 0 bridgehead atoms. The quantitative estimate of drug-likeness (QED) is 0.746. The SMILES string of the molecule is CCCN.Cc1c(C(=O)O)cccc1C(=O)O. The van der Waals surface area contributed by atoms with Crippen LogP contribution in [0.5, 0.6) is 0 Å². The van der Waals surface area contributed by atoms with Crippen molar-refractivity contribution < 1.29 is 19.8 Å². The molecule has 0 atom stereocenters. The van der Waals surface area contributed by atoms with Gasteiger partial charge in [0.2, 0.25) is 0 Å². The first-order chi connectivity index (χ1) is 7.95. The van der Waals surface area contributed by atoms with Crippen molar-refractivity contribution in [3.8, 4) is 0 Å². The zero-order valence-corrected chi connectivity index (χ0v) is 9.93. The molecular weight excluding hydrogens is 222 g/mol. The zero-order chi connectivity index (χ0) is 13.4. The summed E-state index contributed by atoms with van der Waals surface area (Å²) < 4.78 is 0. The van der Waals surface area contributed by atoms with Gasteiger partial charge in [0.1, 0.15) is 0 Å². The lowest BCUT2D eigenvalue weighted by Crippen LogP contribution is -2.06. The lowest BCUT2D eigenvalue weighted by atomic mass is 10.0. The van der Waals surface area contributed by atoms with Crippen LogP contribution in [0.15, 0.2) is 18.2 Å². The molecule has 0 unspecified atom stereocenters. The van der Waals surface area contributed by atoms with E-state index in [2.05, 4.69) is 6.92 Å². The van der Waals surface area contributed by atoms with Gasteiger partial charge in [0.05, 0.1) is 11.1 Å². The van der Waals surface area contributed by atoms with E-state index in [0.29, 0.717) is 0 Å². The summed E-state index contributed by atoms with van der Waals surface area (Å²) in [5.41, 5.74) is 5.36. The minimum atomic E-state index is -1.11. The molecule has 0 fully saturated rings. The monoisotopic (exact) mass is 239 g/mol. The highest BCUT2D eigenvalue weighted by Crippen LogP contribution is 2.13. The Hall–Kier alpha value is -1.88. The van der Waals surface area contributed by atoms with Crippen LogP contribution in [0, 0.1) is 6.92 Å². The number of aromatic carboxylic acids is 2. The molecule has 0 saturated heterocycles. The van der Waals surface area contributed by atoms with E-state index in [1.165, 1.54) is 25.1 Å². The van der Waals surface area contributed by atoms with Crippen LogP contribution >= 0.6 is 0 Å². The number of carbonyl (C=O) groups is 2. The predicted octanol–water partition coefficient (Wildman–Crippen LogP) is 1.75. The van der Waals surface area contributed by atoms with Crippen molar-refractivity contribution in [2.45, 2.75) is 20.3 Å². The molecule has 94 valence electrons. The molecule has 0 aliphatic carbocycles. The molecule has 1 rings (SSSR count). The fourth-order valence-corrected chi connectivity index (χ4v) is 1.10. The Bertz CT molecular complexity index is 367. The summed E-state index contributed by atoms with van der Waals surface area (Å²) in [5.74, 6) is -2.22. The van der Waals surface area contributed by atoms with Crippen LogP contribution in [0.2, 0.25) is 0 Å². The van der Waals surface area contributed by atoms with E-state index in [-0.39, 0.29) is 16.7 Å². The molecule has 1 aromatic rings. The number of carboxylic acids is 2. The average Bonchev–Trinajstić information content (AvgIpc) is 2.29. The van der Waals surface area contributed by atoms with Gasteiger partial charge in [0.15, 0.2) is 0 Å². The van der Waals surface area contributed by atoms with Crippen LogP contribution in [0.4, 0.5) is 0 Å². The topological polar surface area (TPSA) is 101 Å². The van der Waals surface area contributed by atoms with E-state index < -0.39 is 11.9 Å². The molecule has 0 aromatic heterocycles. The summed E-state index contributed by atoms with van der Waals surface area (Å²) in [7, 11) is 0. The van der Waals surface area contributed by atoms with Crippen molar-refractivity contribution in [3.05, 3.63) is 34.9 Å². The first-order valence-corrected chi connectivity index (χ1v) is 5.21. The molecule has 0 aliphatic rings. The molecule has 17 heavy (non-hydrogen) atoms. The minimum absolute atomic E-state index is 0.0277. The van der Waals surface area contributed by atoms with Gasteiger partial charge in [-0.05, 0) is 37.6 Å². The third kappa shape index (κ3) is 4.65. The van der Waals surface area contributed by atoms with Gasteiger partial charge in [-0.2, -0.15) is 0 Å². The van der Waals surface area contributed by atoms with E-state index in [1.807, 2.05) is 0 Å². The van der Waals surface area contributed by atoms with Crippen LogP contribution in [-0.4, -0.2) is 28.7 Å². The van der Waals surface area contributed by atoms with Crippen molar-refractivity contribution in [2.24, 2.45) is 5.73 Å². The molecule has 5 nitrogen and oxygen atoms in total. The fourth-order valence-electron chi connectivity index (χ4n) is 1.10. The molecule has 0 saturated carbocycles. The first kappa shape index (κ1) is 15.1. The summed E-state index contributed by atoms with van der Waals surface area (Å²) in [6, 6.07) is 4.17. The van der Waals surface area contributed by atoms with E-state index in [0.717, 1.165) is 13.0 Å². The second-order valence-corrected chi connectivity index (χ2v) is 3.38. The molecule has 0 heterocycles. The standard InChI is InChI=1S/C9H8O4.C3H9N/c1-5-6(8(10)11)3-2-4-7(5)9(12)13;1-2-3-4/h2-4H,1H3,(H,10,11)(H,12,13);2-4H2,1H3. The Kier molecular flexibility index (Phi) is 6.58. The summed E-state index contributed by atoms with van der Waals surface area (Å²) in [6.07, 6.45) is 1.10. The highest BCUT2D eigenvalue weighted by Gasteiger charge is 2.13. The first-order valence-electron chi connectivity index (χ1n) is 5.21. The summed E-state index contributed by atoms with van der Waals surface area (Å²) >= 11 is 0. The zero-order valence-electron chi connectivity index (χ0n) is 9.93. The fraction of sp³-hybridized carbons (Fsp3) is 0.333. The average molecular weight is 239 g/mol. The van der Waals surface area contributed by atoms with Gasteiger partial charge in [-0.3, -0.25) is 0 Å². The molecular formula is C12H17NO4. The maximum Gasteiger partial charge on any atom is 0.335 e. The predicted molar refractivity (Wildman–Crippen MR) is 64.4 cm³/mol. The summed E-state index contributed by atoms with van der Waals surface area (Å²) in [4.78, 5) is 21.2. The molecule has 0 amide bonds. The van der Waals surface area contributed by atoms with Gasteiger partial charge in [-0.1, -0.05) is 13.0 Å². The molecule has 1 aromatic carbocycles. The van der Waals surface area contributed by atoms with Crippen LogP contribution in [-0.2, 0) is 0 Å². The van der Waals surface area contributed by atoms with E-state index in [9.17, 15) is 9.59 Å². The Labute approximate surface area is 99.9 Å². The van der Waals surface area contributed by atoms with Crippen LogP contribution < -0.4 is 5.73 Å². The minimum Gasteiger partial charge on any atom is -0.478 e. The number of nitrogens with two attached hydrogens (primary N) is 1. The van der Waals surface area contributed by atoms with Gasteiger partial charge in [-0.15, -0.1) is 0 Å². The molecule has 5 heteroatoms. The number of rotatable bonds is 3. The van der Waals surface area contributed by atoms with E-state index in [4.69, 9.17) is 15.9 Å². The van der Waals surface area contributed by atoms with Gasteiger partial charge >= 0.3 is 11.9 Å². The van der Waals surface area contributed by atoms with Crippen molar-refractivity contribution in [1.82, 2.24) is 0 Å². The third-order valence-corrected chi connectivity index (χ3v) is 2.08. The lowest BCUT2D eigenvalue weighted by Gasteiger charge is -2.03. The largest absolute Gasteiger partial charge is 0.478 e.